The summed E-state index contributed by atoms with van der Waals surface area (Å²) in [5.74, 6) is 1.33. The fraction of sp³-hybridized carbons (Fsp3) is 0.391. The van der Waals surface area contributed by atoms with E-state index in [4.69, 9.17) is 10.7 Å². The molecule has 1 aromatic heterocycles. The molecule has 1 saturated carbocycles. The lowest BCUT2D eigenvalue weighted by molar-refractivity contribution is -0.137. The van der Waals surface area contributed by atoms with Crippen LogP contribution in [-0.2, 0) is 4.79 Å². The predicted octanol–water partition coefficient (Wildman–Crippen LogP) is 2.99. The molecule has 3 aliphatic rings. The number of likely N-dealkylation sites (tertiary alicyclic amines) is 1. The molecule has 30 heavy (non-hydrogen) atoms. The van der Waals surface area contributed by atoms with E-state index in [-0.39, 0.29) is 18.0 Å². The molecule has 7 heteroatoms. The number of carbonyl (C=O) groups excluding carboxylic acids is 1. The molecule has 0 radical (unpaired) electrons. The van der Waals surface area contributed by atoms with E-state index in [2.05, 4.69) is 25.8 Å². The number of amidine groups is 1. The molecule has 2 N–H and O–H groups in total. The van der Waals surface area contributed by atoms with Gasteiger partial charge in [0.15, 0.2) is 5.84 Å². The maximum absolute atomic E-state index is 12.7. The molecule has 7 nitrogen and oxygen atoms in total. The van der Waals surface area contributed by atoms with Crippen molar-refractivity contribution in [1.82, 2.24) is 14.8 Å². The van der Waals surface area contributed by atoms with Crippen molar-refractivity contribution in [1.29, 1.82) is 10.7 Å². The first-order chi connectivity index (χ1) is 14.7. The van der Waals surface area contributed by atoms with Crippen LogP contribution in [0.4, 0.5) is 0 Å². The molecular formula is C23H24N6O. The van der Waals surface area contributed by atoms with Crippen LogP contribution in [0.1, 0.15) is 36.9 Å². The van der Waals surface area contributed by atoms with Gasteiger partial charge in [0.05, 0.1) is 17.3 Å². The van der Waals surface area contributed by atoms with E-state index in [0.717, 1.165) is 67.8 Å². The van der Waals surface area contributed by atoms with Crippen molar-refractivity contribution >= 4 is 18.1 Å². The summed E-state index contributed by atoms with van der Waals surface area (Å²) in [6.07, 6.45) is 7.14. The Morgan fingerprint density at radius 1 is 1.17 bits per heavy atom. The van der Waals surface area contributed by atoms with Crippen molar-refractivity contribution in [2.75, 3.05) is 13.1 Å². The number of nitriles is 1. The Balaban J connectivity index is 1.39. The predicted molar refractivity (Wildman–Crippen MR) is 114 cm³/mol. The number of benzene rings is 1. The van der Waals surface area contributed by atoms with E-state index >= 15 is 0 Å². The number of fused-ring (bicyclic) bond motifs is 2. The molecule has 2 aromatic rings. The molecule has 2 saturated heterocycles. The van der Waals surface area contributed by atoms with Crippen molar-refractivity contribution in [3.63, 3.8) is 0 Å². The van der Waals surface area contributed by atoms with Crippen LogP contribution in [0, 0.1) is 22.7 Å². The fourth-order valence-electron chi connectivity index (χ4n) is 4.82. The number of H-pyrrole nitrogens is 1. The first kappa shape index (κ1) is 18.6. The van der Waals surface area contributed by atoms with Gasteiger partial charge in [0, 0.05) is 37.3 Å². The zero-order chi connectivity index (χ0) is 20.7. The van der Waals surface area contributed by atoms with Crippen LogP contribution in [0.15, 0.2) is 41.5 Å². The number of carbonyl (C=O) groups is 1. The number of piperazine rings is 1. The SMILES string of the molecule is N#Cc1cccc(-c2c[nH]c(C(=NC=N)N3CC4CCC(C3)N4C(=O)C3CC3)c2)c1. The first-order valence-electron chi connectivity index (χ1n) is 10.5. The van der Waals surface area contributed by atoms with E-state index in [9.17, 15) is 4.79 Å². The van der Waals surface area contributed by atoms with E-state index in [1.165, 1.54) is 0 Å². The molecule has 1 aliphatic carbocycles. The average molecular weight is 400 g/mol. The molecule has 2 atom stereocenters. The van der Waals surface area contributed by atoms with Gasteiger partial charge in [0.2, 0.25) is 5.91 Å². The molecule has 152 valence electrons. The monoisotopic (exact) mass is 400 g/mol. The van der Waals surface area contributed by atoms with Crippen LogP contribution >= 0.6 is 0 Å². The maximum atomic E-state index is 12.7. The van der Waals surface area contributed by atoms with Gasteiger partial charge < -0.3 is 14.8 Å². The van der Waals surface area contributed by atoms with Gasteiger partial charge in [0.1, 0.15) is 6.34 Å². The molecule has 2 unspecified atom stereocenters. The van der Waals surface area contributed by atoms with Crippen molar-refractivity contribution in [3.8, 4) is 17.2 Å². The molecule has 1 amide bonds. The van der Waals surface area contributed by atoms with Gasteiger partial charge in [-0.3, -0.25) is 10.2 Å². The van der Waals surface area contributed by atoms with Gasteiger partial charge in [-0.1, -0.05) is 12.1 Å². The Bertz CT molecular complexity index is 1050. The van der Waals surface area contributed by atoms with E-state index in [1.807, 2.05) is 30.5 Å². The van der Waals surface area contributed by atoms with Crippen LogP contribution < -0.4 is 0 Å². The zero-order valence-corrected chi connectivity index (χ0v) is 16.7. The minimum absolute atomic E-state index is 0.231. The van der Waals surface area contributed by atoms with E-state index < -0.39 is 0 Å². The number of nitrogens with zero attached hydrogens (tertiary/aromatic N) is 4. The number of nitrogens with one attached hydrogen (secondary N) is 2. The summed E-state index contributed by atoms with van der Waals surface area (Å²) in [6, 6.07) is 12.2. The molecule has 2 aliphatic heterocycles. The summed E-state index contributed by atoms with van der Waals surface area (Å²) >= 11 is 0. The smallest absolute Gasteiger partial charge is 0.226 e. The minimum Gasteiger partial charge on any atom is -0.358 e. The number of rotatable bonds is 4. The summed E-state index contributed by atoms with van der Waals surface area (Å²) in [5.41, 5.74) is 3.41. The van der Waals surface area contributed by atoms with E-state index in [0.29, 0.717) is 11.5 Å². The number of amides is 1. The second-order valence-corrected chi connectivity index (χ2v) is 8.39. The van der Waals surface area contributed by atoms with Gasteiger partial charge >= 0.3 is 0 Å². The molecule has 1 aromatic carbocycles. The van der Waals surface area contributed by atoms with Gasteiger partial charge in [0.25, 0.3) is 0 Å². The summed E-state index contributed by atoms with van der Waals surface area (Å²) in [5, 5.41) is 16.7. The summed E-state index contributed by atoms with van der Waals surface area (Å²) < 4.78 is 0. The lowest BCUT2D eigenvalue weighted by Crippen LogP contribution is -2.57. The molecular weight excluding hydrogens is 376 g/mol. The molecule has 0 spiro atoms. The first-order valence-corrected chi connectivity index (χ1v) is 10.5. The highest BCUT2D eigenvalue weighted by Crippen LogP contribution is 2.38. The molecule has 5 rings (SSSR count). The Kier molecular flexibility index (Phi) is 4.62. The summed E-state index contributed by atoms with van der Waals surface area (Å²) in [4.78, 5) is 24.7. The van der Waals surface area contributed by atoms with Crippen molar-refractivity contribution in [2.45, 2.75) is 37.8 Å². The van der Waals surface area contributed by atoms with Crippen LogP contribution in [0.25, 0.3) is 11.1 Å². The average Bonchev–Trinajstić information content (AvgIpc) is 3.45. The highest BCUT2D eigenvalue weighted by atomic mass is 16.2. The largest absolute Gasteiger partial charge is 0.358 e. The Morgan fingerprint density at radius 2 is 1.93 bits per heavy atom. The lowest BCUT2D eigenvalue weighted by Gasteiger charge is -2.42. The van der Waals surface area contributed by atoms with Crippen LogP contribution in [0.2, 0.25) is 0 Å². The quantitative estimate of drug-likeness (QED) is 0.609. The third-order valence-corrected chi connectivity index (χ3v) is 6.40. The number of aromatic amines is 1. The zero-order valence-electron chi connectivity index (χ0n) is 16.7. The summed E-state index contributed by atoms with van der Waals surface area (Å²) in [6.45, 7) is 1.50. The molecule has 3 fully saturated rings. The van der Waals surface area contributed by atoms with Gasteiger partial charge in [-0.2, -0.15) is 5.26 Å². The number of hydrogen-bond acceptors (Lipinski definition) is 3. The number of aromatic nitrogens is 1. The number of hydrogen-bond donors (Lipinski definition) is 2. The van der Waals surface area contributed by atoms with Gasteiger partial charge in [-0.05, 0) is 55.0 Å². The maximum Gasteiger partial charge on any atom is 0.226 e. The van der Waals surface area contributed by atoms with Crippen molar-refractivity contribution in [3.05, 3.63) is 47.8 Å². The van der Waals surface area contributed by atoms with Crippen molar-refractivity contribution in [2.24, 2.45) is 10.9 Å². The normalized spacial score (nSPS) is 23.4. The topological polar surface area (TPSA) is 99.3 Å². The second-order valence-electron chi connectivity index (χ2n) is 8.39. The highest BCUT2D eigenvalue weighted by molar-refractivity contribution is 6.02. The molecule has 2 bridgehead atoms. The Hall–Kier alpha value is -3.40. The third-order valence-electron chi connectivity index (χ3n) is 6.40. The fourth-order valence-corrected chi connectivity index (χ4v) is 4.82. The Morgan fingerprint density at radius 3 is 2.60 bits per heavy atom. The Labute approximate surface area is 175 Å². The number of aliphatic imine (C=N–C) groups is 1. The van der Waals surface area contributed by atoms with E-state index in [1.54, 1.807) is 6.07 Å². The third kappa shape index (κ3) is 3.28. The lowest BCUT2D eigenvalue weighted by atomic mass is 10.1. The summed E-state index contributed by atoms with van der Waals surface area (Å²) in [7, 11) is 0. The highest BCUT2D eigenvalue weighted by Gasteiger charge is 2.47. The van der Waals surface area contributed by atoms with Crippen molar-refractivity contribution < 1.29 is 4.79 Å². The van der Waals surface area contributed by atoms with Crippen LogP contribution in [0.3, 0.4) is 0 Å². The van der Waals surface area contributed by atoms with Crippen LogP contribution in [-0.4, -0.2) is 58.0 Å². The second kappa shape index (κ2) is 7.45. The van der Waals surface area contributed by atoms with Crippen LogP contribution in [0.5, 0.6) is 0 Å². The standard InChI is InChI=1S/C23H24N6O/c24-10-15-2-1-3-17(8-15)18-9-21(26-11-18)22(27-14-25)28-12-19-6-7-20(13-28)29(19)23(30)16-4-5-16/h1-3,8-9,11,14,16,19-20,25-26H,4-7,12-13H2. The minimum atomic E-state index is 0.231. The van der Waals surface area contributed by atoms with Gasteiger partial charge in [-0.15, -0.1) is 0 Å². The molecule has 3 heterocycles. The van der Waals surface area contributed by atoms with Gasteiger partial charge in [-0.25, -0.2) is 4.99 Å².